The van der Waals surface area contributed by atoms with E-state index in [1.807, 2.05) is 12.1 Å². The highest BCUT2D eigenvalue weighted by atomic mass is 32.2. The Kier molecular flexibility index (Phi) is 5.24. The molecule has 1 aromatic heterocycles. The topological polar surface area (TPSA) is 62.6 Å². The molecule has 6 heteroatoms. The summed E-state index contributed by atoms with van der Waals surface area (Å²) in [7, 11) is -3.05. The van der Waals surface area contributed by atoms with Crippen molar-refractivity contribution >= 4 is 16.1 Å². The Bertz CT molecular complexity index is 633. The van der Waals surface area contributed by atoms with E-state index >= 15 is 0 Å². The van der Waals surface area contributed by atoms with Crippen LogP contribution >= 0.6 is 0 Å². The first-order chi connectivity index (χ1) is 11.0. The highest BCUT2D eigenvalue weighted by molar-refractivity contribution is 7.90. The lowest BCUT2D eigenvalue weighted by molar-refractivity contribution is 0.189. The number of sulfonamides is 1. The molecule has 2 fully saturated rings. The Hall–Kier alpha value is -1.11. The molecular weight excluding hydrogens is 312 g/mol. The summed E-state index contributed by atoms with van der Waals surface area (Å²) in [4.78, 5) is 2.41. The predicted octanol–water partition coefficient (Wildman–Crippen LogP) is 2.48. The van der Waals surface area contributed by atoms with Crippen LogP contribution in [0.1, 0.15) is 38.4 Å². The molecule has 0 spiro atoms. The number of piperidine rings is 1. The van der Waals surface area contributed by atoms with Gasteiger partial charge in [-0.25, -0.2) is 13.1 Å². The highest BCUT2D eigenvalue weighted by Gasteiger charge is 2.35. The van der Waals surface area contributed by atoms with Crippen LogP contribution in [0.15, 0.2) is 28.4 Å². The van der Waals surface area contributed by atoms with Gasteiger partial charge in [0.05, 0.1) is 11.5 Å². The summed E-state index contributed by atoms with van der Waals surface area (Å²) < 4.78 is 32.0. The van der Waals surface area contributed by atoms with Gasteiger partial charge in [-0.3, -0.25) is 4.90 Å². The number of hydrogen-bond acceptors (Lipinski definition) is 4. The molecule has 5 nitrogen and oxygen atoms in total. The molecule has 0 aromatic carbocycles. The summed E-state index contributed by atoms with van der Waals surface area (Å²) in [5.41, 5.74) is 1.26. The molecule has 3 rings (SSSR count). The largest absolute Gasteiger partial charge is 0.465 e. The van der Waals surface area contributed by atoms with Crippen molar-refractivity contribution in [3.63, 3.8) is 0 Å². The van der Waals surface area contributed by atoms with Crippen LogP contribution in [0.25, 0.3) is 6.08 Å². The minimum absolute atomic E-state index is 0.124. The third kappa shape index (κ3) is 4.93. The molecule has 1 N–H and O–H groups in total. The maximum absolute atomic E-state index is 11.9. The second-order valence-electron chi connectivity index (χ2n) is 6.84. The van der Waals surface area contributed by atoms with Gasteiger partial charge >= 0.3 is 0 Å². The molecule has 128 valence electrons. The lowest BCUT2D eigenvalue weighted by atomic mass is 9.98. The van der Waals surface area contributed by atoms with Crippen molar-refractivity contribution in [1.82, 2.24) is 9.62 Å². The minimum Gasteiger partial charge on any atom is -0.465 e. The molecule has 1 saturated carbocycles. The molecule has 0 amide bonds. The van der Waals surface area contributed by atoms with Crippen molar-refractivity contribution in [1.29, 1.82) is 0 Å². The van der Waals surface area contributed by atoms with Gasteiger partial charge < -0.3 is 4.42 Å². The molecule has 23 heavy (non-hydrogen) atoms. The molecule has 2 aliphatic rings. The van der Waals surface area contributed by atoms with Crippen molar-refractivity contribution in [2.45, 2.75) is 37.9 Å². The average Bonchev–Trinajstić information content (AvgIpc) is 3.26. The summed E-state index contributed by atoms with van der Waals surface area (Å²) in [6.07, 6.45) is 7.63. The van der Waals surface area contributed by atoms with Gasteiger partial charge in [-0.05, 0) is 63.3 Å². The summed E-state index contributed by atoms with van der Waals surface area (Å²) >= 11 is 0. The molecule has 0 unspecified atom stereocenters. The Labute approximate surface area is 138 Å². The monoisotopic (exact) mass is 338 g/mol. The van der Waals surface area contributed by atoms with Crippen LogP contribution in [0.2, 0.25) is 0 Å². The lowest BCUT2D eigenvalue weighted by Crippen LogP contribution is -2.42. The van der Waals surface area contributed by atoms with E-state index in [4.69, 9.17) is 4.42 Å². The van der Waals surface area contributed by atoms with Crippen molar-refractivity contribution in [3.8, 4) is 0 Å². The van der Waals surface area contributed by atoms with Gasteiger partial charge in [0.15, 0.2) is 0 Å². The smallest absolute Gasteiger partial charge is 0.214 e. The van der Waals surface area contributed by atoms with E-state index in [-0.39, 0.29) is 5.25 Å². The number of furan rings is 1. The van der Waals surface area contributed by atoms with Gasteiger partial charge in [0.2, 0.25) is 10.0 Å². The second-order valence-corrected chi connectivity index (χ2v) is 8.89. The van der Waals surface area contributed by atoms with Crippen LogP contribution in [-0.4, -0.2) is 44.7 Å². The van der Waals surface area contributed by atoms with E-state index in [0.29, 0.717) is 12.5 Å². The summed E-state index contributed by atoms with van der Waals surface area (Å²) in [6.45, 7) is 5.64. The van der Waals surface area contributed by atoms with Gasteiger partial charge in [0.25, 0.3) is 0 Å². The van der Waals surface area contributed by atoms with Crippen molar-refractivity contribution in [2.24, 2.45) is 5.92 Å². The number of nitrogens with zero attached hydrogens (tertiary/aromatic N) is 1. The van der Waals surface area contributed by atoms with Crippen LogP contribution in [-0.2, 0) is 10.0 Å². The van der Waals surface area contributed by atoms with Gasteiger partial charge in [-0.1, -0.05) is 5.57 Å². The van der Waals surface area contributed by atoms with Crippen molar-refractivity contribution < 1.29 is 12.8 Å². The number of nitrogens with one attached hydrogen (secondary N) is 1. The van der Waals surface area contributed by atoms with Crippen molar-refractivity contribution in [2.75, 3.05) is 26.2 Å². The van der Waals surface area contributed by atoms with Crippen LogP contribution in [0.3, 0.4) is 0 Å². The van der Waals surface area contributed by atoms with Crippen LogP contribution in [0, 0.1) is 5.92 Å². The molecule has 1 atom stereocenters. The van der Waals surface area contributed by atoms with Crippen LogP contribution < -0.4 is 4.72 Å². The molecule has 0 bridgehead atoms. The first-order valence-corrected chi connectivity index (χ1v) is 9.99. The predicted molar refractivity (Wildman–Crippen MR) is 91.5 cm³/mol. The Morgan fingerprint density at radius 2 is 2.26 bits per heavy atom. The fraction of sp³-hybridized carbons (Fsp3) is 0.647. The Morgan fingerprint density at radius 3 is 2.96 bits per heavy atom. The van der Waals surface area contributed by atoms with Crippen LogP contribution in [0.5, 0.6) is 0 Å². The lowest BCUT2D eigenvalue weighted by Gasteiger charge is -2.33. The summed E-state index contributed by atoms with van der Waals surface area (Å²) in [5, 5.41) is -0.124. The summed E-state index contributed by atoms with van der Waals surface area (Å²) in [5.74, 6) is 1.29. The zero-order valence-electron chi connectivity index (χ0n) is 13.7. The quantitative estimate of drug-likeness (QED) is 0.830. The van der Waals surface area contributed by atoms with E-state index < -0.39 is 10.0 Å². The molecule has 2 heterocycles. The fourth-order valence-corrected chi connectivity index (χ4v) is 4.67. The Balaban J connectivity index is 1.48. The van der Waals surface area contributed by atoms with E-state index in [1.54, 1.807) is 6.26 Å². The van der Waals surface area contributed by atoms with E-state index in [1.165, 1.54) is 5.57 Å². The van der Waals surface area contributed by atoms with E-state index in [2.05, 4.69) is 22.6 Å². The SMILES string of the molecule is C/C(=C\c1ccco1)CN1CCC[C@H](CNS(=O)(=O)C2CC2)C1. The maximum Gasteiger partial charge on any atom is 0.214 e. The molecular formula is C17H26N2O3S. The normalized spacial score (nSPS) is 24.0. The fourth-order valence-electron chi connectivity index (χ4n) is 3.21. The zero-order valence-corrected chi connectivity index (χ0v) is 14.5. The number of rotatable bonds is 7. The van der Waals surface area contributed by atoms with Crippen molar-refractivity contribution in [3.05, 3.63) is 29.7 Å². The standard InChI is InChI=1S/C17H26N2O3S/c1-14(10-16-5-3-9-22-16)12-19-8-2-4-15(13-19)11-18-23(20,21)17-6-7-17/h3,5,9-10,15,17-18H,2,4,6-8,11-13H2,1H3/b14-10+/t15-/m1/s1. The minimum atomic E-state index is -3.05. The second kappa shape index (κ2) is 7.20. The molecule has 0 radical (unpaired) electrons. The average molecular weight is 338 g/mol. The number of hydrogen-bond donors (Lipinski definition) is 1. The zero-order chi connectivity index (χ0) is 16.3. The Morgan fingerprint density at radius 1 is 1.43 bits per heavy atom. The molecule has 1 saturated heterocycles. The van der Waals surface area contributed by atoms with Gasteiger partial charge in [0.1, 0.15) is 5.76 Å². The first kappa shape index (κ1) is 16.7. The summed E-state index contributed by atoms with van der Waals surface area (Å²) in [6, 6.07) is 3.84. The van der Waals surface area contributed by atoms with Gasteiger partial charge in [0, 0.05) is 19.6 Å². The van der Waals surface area contributed by atoms with E-state index in [0.717, 1.165) is 51.1 Å². The maximum atomic E-state index is 11.9. The molecule has 1 aromatic rings. The third-order valence-corrected chi connectivity index (χ3v) is 6.46. The van der Waals surface area contributed by atoms with Gasteiger partial charge in [-0.15, -0.1) is 0 Å². The first-order valence-electron chi connectivity index (χ1n) is 8.44. The molecule has 1 aliphatic carbocycles. The van der Waals surface area contributed by atoms with Crippen LogP contribution in [0.4, 0.5) is 0 Å². The number of likely N-dealkylation sites (tertiary alicyclic amines) is 1. The van der Waals surface area contributed by atoms with E-state index in [9.17, 15) is 8.42 Å². The third-order valence-electron chi connectivity index (χ3n) is 4.54. The van der Waals surface area contributed by atoms with Gasteiger partial charge in [-0.2, -0.15) is 0 Å². The highest BCUT2D eigenvalue weighted by Crippen LogP contribution is 2.27. The molecule has 1 aliphatic heterocycles.